The maximum absolute atomic E-state index is 6.51. The van der Waals surface area contributed by atoms with Crippen LogP contribution in [0.1, 0.15) is 0 Å². The second-order valence-corrected chi connectivity index (χ2v) is 10.4. The summed E-state index contributed by atoms with van der Waals surface area (Å²) in [6.07, 6.45) is 0. The summed E-state index contributed by atoms with van der Waals surface area (Å²) in [6.45, 7) is 0. The van der Waals surface area contributed by atoms with E-state index < -0.39 is 0 Å². The lowest BCUT2D eigenvalue weighted by Crippen LogP contribution is -1.98. The second kappa shape index (κ2) is 8.08. The van der Waals surface area contributed by atoms with Gasteiger partial charge < -0.3 is 9.15 Å². The van der Waals surface area contributed by atoms with E-state index in [2.05, 4.69) is 121 Å². The molecule has 1 aliphatic heterocycles. The molecule has 0 aliphatic carbocycles. The molecule has 0 radical (unpaired) electrons. The molecule has 9 rings (SSSR count). The van der Waals surface area contributed by atoms with Gasteiger partial charge in [0.2, 0.25) is 0 Å². The molecule has 0 spiro atoms. The van der Waals surface area contributed by atoms with Crippen molar-refractivity contribution in [1.29, 1.82) is 0 Å². The number of benzene rings is 7. The van der Waals surface area contributed by atoms with E-state index in [9.17, 15) is 0 Å². The Labute approximate surface area is 230 Å². The van der Waals surface area contributed by atoms with Crippen LogP contribution >= 0.6 is 0 Å². The Bertz CT molecular complexity index is 2300. The number of furan rings is 1. The number of hydrogen-bond donors (Lipinski definition) is 0. The third kappa shape index (κ3) is 2.93. The van der Waals surface area contributed by atoms with Gasteiger partial charge in [-0.15, -0.1) is 0 Å². The normalized spacial score (nSPS) is 12.2. The predicted octanol–water partition coefficient (Wildman–Crippen LogP) is 11.0. The molecule has 1 aromatic heterocycles. The average Bonchev–Trinajstić information content (AvgIpc) is 3.41. The van der Waals surface area contributed by atoms with Crippen LogP contribution in [0.25, 0.3) is 76.9 Å². The monoisotopic (exact) mass is 510 g/mol. The van der Waals surface area contributed by atoms with E-state index >= 15 is 0 Å². The summed E-state index contributed by atoms with van der Waals surface area (Å²) in [5, 5.41) is 6.96. The molecule has 0 bridgehead atoms. The minimum Gasteiger partial charge on any atom is -0.456 e. The highest BCUT2D eigenvalue weighted by atomic mass is 16.5. The summed E-state index contributed by atoms with van der Waals surface area (Å²) in [7, 11) is 0. The van der Waals surface area contributed by atoms with Gasteiger partial charge >= 0.3 is 0 Å². The molecule has 2 heteroatoms. The molecule has 186 valence electrons. The minimum absolute atomic E-state index is 0.903. The van der Waals surface area contributed by atoms with Crippen molar-refractivity contribution >= 4 is 43.5 Å². The first-order valence-corrected chi connectivity index (χ1v) is 13.6. The van der Waals surface area contributed by atoms with Gasteiger partial charge in [0.25, 0.3) is 0 Å². The molecule has 0 unspecified atom stereocenters. The lowest BCUT2D eigenvalue weighted by Gasteiger charge is -2.23. The Morgan fingerprint density at radius 2 is 1.02 bits per heavy atom. The van der Waals surface area contributed by atoms with Crippen LogP contribution in [-0.2, 0) is 0 Å². The van der Waals surface area contributed by atoms with E-state index in [1.54, 1.807) is 0 Å². The van der Waals surface area contributed by atoms with Crippen molar-refractivity contribution in [2.24, 2.45) is 0 Å². The standard InChI is InChI=1S/C38H22O2/c1-2-10-24-23(9-1)19-20-32-37-29(16-8-18-34(37)40-38(24)32)26-12-4-3-11-25(26)27-21-22-35-36-30(27)14-7-15-31(36)28-13-5-6-17-33(28)39-35/h1-22H. The van der Waals surface area contributed by atoms with E-state index in [1.807, 2.05) is 12.1 Å². The molecule has 7 aromatic carbocycles. The Morgan fingerprint density at radius 1 is 0.350 bits per heavy atom. The van der Waals surface area contributed by atoms with E-state index in [1.165, 1.54) is 38.6 Å². The SMILES string of the molecule is c1ccc2c(c1)Oc1ccc(-c3ccccc3-c3cccc4oc5c6ccccc6ccc5c34)c3cccc-2c13. The zero-order chi connectivity index (χ0) is 26.2. The maximum Gasteiger partial charge on any atom is 0.143 e. The summed E-state index contributed by atoms with van der Waals surface area (Å²) in [5.41, 5.74) is 8.92. The molecule has 8 aromatic rings. The van der Waals surface area contributed by atoms with Crippen LogP contribution in [0.5, 0.6) is 11.5 Å². The van der Waals surface area contributed by atoms with Gasteiger partial charge in [0.15, 0.2) is 0 Å². The van der Waals surface area contributed by atoms with Gasteiger partial charge in [-0.2, -0.15) is 0 Å². The molecule has 0 saturated carbocycles. The van der Waals surface area contributed by atoms with Gasteiger partial charge in [0, 0.05) is 27.1 Å². The Kier molecular flexibility index (Phi) is 4.36. The van der Waals surface area contributed by atoms with Crippen LogP contribution in [0, 0.1) is 0 Å². The Morgan fingerprint density at radius 3 is 1.93 bits per heavy atom. The van der Waals surface area contributed by atoms with Crippen LogP contribution in [0.3, 0.4) is 0 Å². The minimum atomic E-state index is 0.903. The number of fused-ring (bicyclic) bond motifs is 7. The lowest BCUT2D eigenvalue weighted by molar-refractivity contribution is 0.487. The molecule has 1 aliphatic rings. The quantitative estimate of drug-likeness (QED) is 0.231. The van der Waals surface area contributed by atoms with Crippen molar-refractivity contribution in [2.75, 3.05) is 0 Å². The van der Waals surface area contributed by atoms with Gasteiger partial charge in [-0.1, -0.05) is 109 Å². The van der Waals surface area contributed by atoms with E-state index in [0.717, 1.165) is 49.8 Å². The number of para-hydroxylation sites is 1. The highest BCUT2D eigenvalue weighted by molar-refractivity contribution is 6.20. The van der Waals surface area contributed by atoms with E-state index in [-0.39, 0.29) is 0 Å². The average molecular weight is 511 g/mol. The number of ether oxygens (including phenoxy) is 1. The first kappa shape index (κ1) is 21.6. The molecule has 0 amide bonds. The summed E-state index contributed by atoms with van der Waals surface area (Å²) < 4.78 is 12.9. The summed E-state index contributed by atoms with van der Waals surface area (Å²) in [4.78, 5) is 0. The number of hydrogen-bond acceptors (Lipinski definition) is 2. The Hall–Kier alpha value is -5.34. The molecule has 40 heavy (non-hydrogen) atoms. The van der Waals surface area contributed by atoms with Crippen molar-refractivity contribution in [3.05, 3.63) is 133 Å². The predicted molar refractivity (Wildman–Crippen MR) is 165 cm³/mol. The summed E-state index contributed by atoms with van der Waals surface area (Å²) in [5.74, 6) is 1.81. The fourth-order valence-electron chi connectivity index (χ4n) is 6.55. The molecule has 2 heterocycles. The molecule has 2 nitrogen and oxygen atoms in total. The van der Waals surface area contributed by atoms with Crippen LogP contribution in [-0.4, -0.2) is 0 Å². The van der Waals surface area contributed by atoms with Crippen LogP contribution in [0.15, 0.2) is 138 Å². The maximum atomic E-state index is 6.51. The molecular formula is C38H22O2. The molecule has 0 atom stereocenters. The van der Waals surface area contributed by atoms with E-state index in [4.69, 9.17) is 9.15 Å². The topological polar surface area (TPSA) is 22.4 Å². The third-order valence-electron chi connectivity index (χ3n) is 8.29. The van der Waals surface area contributed by atoms with Gasteiger partial charge in [0.1, 0.15) is 22.7 Å². The smallest absolute Gasteiger partial charge is 0.143 e. The van der Waals surface area contributed by atoms with E-state index in [0.29, 0.717) is 0 Å². The van der Waals surface area contributed by atoms with Gasteiger partial charge in [0.05, 0.1) is 0 Å². The molecular weight excluding hydrogens is 488 g/mol. The van der Waals surface area contributed by atoms with Crippen molar-refractivity contribution in [1.82, 2.24) is 0 Å². The van der Waals surface area contributed by atoms with Crippen LogP contribution < -0.4 is 4.74 Å². The number of rotatable bonds is 2. The van der Waals surface area contributed by atoms with Crippen molar-refractivity contribution < 1.29 is 9.15 Å². The zero-order valence-corrected chi connectivity index (χ0v) is 21.5. The Balaban J connectivity index is 1.33. The van der Waals surface area contributed by atoms with Crippen LogP contribution in [0.2, 0.25) is 0 Å². The highest BCUT2D eigenvalue weighted by Crippen LogP contribution is 2.50. The third-order valence-corrected chi connectivity index (χ3v) is 8.29. The second-order valence-electron chi connectivity index (χ2n) is 10.4. The van der Waals surface area contributed by atoms with Crippen LogP contribution in [0.4, 0.5) is 0 Å². The van der Waals surface area contributed by atoms with Crippen molar-refractivity contribution in [2.45, 2.75) is 0 Å². The first-order chi connectivity index (χ1) is 19.8. The first-order valence-electron chi connectivity index (χ1n) is 13.6. The summed E-state index contributed by atoms with van der Waals surface area (Å²) >= 11 is 0. The molecule has 0 saturated heterocycles. The summed E-state index contributed by atoms with van der Waals surface area (Å²) in [6, 6.07) is 47.1. The largest absolute Gasteiger partial charge is 0.456 e. The molecule has 0 N–H and O–H groups in total. The zero-order valence-electron chi connectivity index (χ0n) is 21.5. The van der Waals surface area contributed by atoms with Gasteiger partial charge in [-0.25, -0.2) is 0 Å². The highest BCUT2D eigenvalue weighted by Gasteiger charge is 2.23. The van der Waals surface area contributed by atoms with Gasteiger partial charge in [-0.3, -0.25) is 0 Å². The molecule has 0 fully saturated rings. The lowest BCUT2D eigenvalue weighted by atomic mass is 9.87. The van der Waals surface area contributed by atoms with Gasteiger partial charge in [-0.05, 0) is 62.9 Å². The van der Waals surface area contributed by atoms with Crippen molar-refractivity contribution in [3.63, 3.8) is 0 Å². The fraction of sp³-hybridized carbons (Fsp3) is 0. The van der Waals surface area contributed by atoms with Crippen molar-refractivity contribution in [3.8, 4) is 44.9 Å². The fourth-order valence-corrected chi connectivity index (χ4v) is 6.55.